The quantitative estimate of drug-likeness (QED) is 0.861. The minimum Gasteiger partial charge on any atom is -0.493 e. The largest absolute Gasteiger partial charge is 0.493 e. The summed E-state index contributed by atoms with van der Waals surface area (Å²) in [6, 6.07) is 5.85. The van der Waals surface area contributed by atoms with Gasteiger partial charge in [-0.15, -0.1) is 0 Å². The maximum Gasteiger partial charge on any atom is 0.214 e. The molecule has 5 nitrogen and oxygen atoms in total. The molecule has 0 bridgehead atoms. The van der Waals surface area contributed by atoms with Gasteiger partial charge in [0.2, 0.25) is 5.78 Å². The van der Waals surface area contributed by atoms with Crippen LogP contribution in [0.25, 0.3) is 0 Å². The lowest BCUT2D eigenvalue weighted by atomic mass is 10.0. The van der Waals surface area contributed by atoms with E-state index in [2.05, 4.69) is 10.4 Å². The molecular weight excluding hydrogens is 254 g/mol. The fourth-order valence-electron chi connectivity index (χ4n) is 2.56. The standard InChI is InChI=1S/C15H17N3O2/c1-3-18-14(13(20-2)9-17-18)15(19)10-4-5-11-7-16-8-12(11)6-10/h4-6,9,16H,3,7-8H2,1-2H3. The summed E-state index contributed by atoms with van der Waals surface area (Å²) < 4.78 is 6.92. The molecule has 5 heteroatoms. The van der Waals surface area contributed by atoms with Gasteiger partial charge in [-0.25, -0.2) is 0 Å². The van der Waals surface area contributed by atoms with Crippen LogP contribution in [0.5, 0.6) is 5.75 Å². The van der Waals surface area contributed by atoms with E-state index in [0.717, 1.165) is 13.1 Å². The van der Waals surface area contributed by atoms with Crippen LogP contribution in [-0.4, -0.2) is 22.7 Å². The van der Waals surface area contributed by atoms with Gasteiger partial charge in [-0.2, -0.15) is 5.10 Å². The molecule has 0 unspecified atom stereocenters. The summed E-state index contributed by atoms with van der Waals surface area (Å²) in [6.45, 7) is 4.29. The van der Waals surface area contributed by atoms with Gasteiger partial charge in [-0.3, -0.25) is 9.48 Å². The lowest BCUT2D eigenvalue weighted by Crippen LogP contribution is -2.12. The number of nitrogens with one attached hydrogen (secondary N) is 1. The molecule has 104 valence electrons. The molecule has 0 saturated carbocycles. The first-order valence-electron chi connectivity index (χ1n) is 6.71. The Balaban J connectivity index is 2.02. The Morgan fingerprint density at radius 3 is 2.95 bits per heavy atom. The zero-order valence-electron chi connectivity index (χ0n) is 11.6. The number of aryl methyl sites for hydroxylation is 1. The van der Waals surface area contributed by atoms with Crippen molar-refractivity contribution in [2.75, 3.05) is 7.11 Å². The molecule has 20 heavy (non-hydrogen) atoms. The van der Waals surface area contributed by atoms with Crippen molar-refractivity contribution in [1.29, 1.82) is 0 Å². The number of hydrogen-bond acceptors (Lipinski definition) is 4. The molecule has 0 amide bonds. The van der Waals surface area contributed by atoms with E-state index < -0.39 is 0 Å². The van der Waals surface area contributed by atoms with Crippen molar-refractivity contribution < 1.29 is 9.53 Å². The van der Waals surface area contributed by atoms with Gasteiger partial charge in [0.1, 0.15) is 0 Å². The van der Waals surface area contributed by atoms with Gasteiger partial charge in [0.25, 0.3) is 0 Å². The highest BCUT2D eigenvalue weighted by atomic mass is 16.5. The van der Waals surface area contributed by atoms with E-state index in [1.165, 1.54) is 11.1 Å². The Morgan fingerprint density at radius 2 is 2.20 bits per heavy atom. The molecule has 1 aromatic heterocycles. The second-order valence-corrected chi connectivity index (χ2v) is 4.79. The summed E-state index contributed by atoms with van der Waals surface area (Å²) in [5, 5.41) is 7.46. The fraction of sp³-hybridized carbons (Fsp3) is 0.333. The molecule has 0 atom stereocenters. The van der Waals surface area contributed by atoms with Crippen LogP contribution < -0.4 is 10.1 Å². The van der Waals surface area contributed by atoms with Crippen LogP contribution in [0.15, 0.2) is 24.4 Å². The lowest BCUT2D eigenvalue weighted by molar-refractivity contribution is 0.102. The number of hydrogen-bond donors (Lipinski definition) is 1. The molecule has 0 aliphatic carbocycles. The highest BCUT2D eigenvalue weighted by Crippen LogP contribution is 2.24. The van der Waals surface area contributed by atoms with Crippen molar-refractivity contribution in [3.05, 3.63) is 46.8 Å². The highest BCUT2D eigenvalue weighted by molar-refractivity contribution is 6.09. The first-order valence-corrected chi connectivity index (χ1v) is 6.71. The average Bonchev–Trinajstić information content (AvgIpc) is 3.11. The summed E-state index contributed by atoms with van der Waals surface area (Å²) in [4.78, 5) is 12.7. The number of nitrogens with zero attached hydrogens (tertiary/aromatic N) is 2. The molecule has 1 N–H and O–H groups in total. The monoisotopic (exact) mass is 271 g/mol. The maximum absolute atomic E-state index is 12.7. The zero-order valence-corrected chi connectivity index (χ0v) is 11.6. The van der Waals surface area contributed by atoms with Crippen molar-refractivity contribution in [2.24, 2.45) is 0 Å². The van der Waals surface area contributed by atoms with E-state index in [-0.39, 0.29) is 5.78 Å². The van der Waals surface area contributed by atoms with Gasteiger partial charge in [0, 0.05) is 25.2 Å². The maximum atomic E-state index is 12.7. The molecule has 2 heterocycles. The van der Waals surface area contributed by atoms with Gasteiger partial charge in [0.15, 0.2) is 11.4 Å². The van der Waals surface area contributed by atoms with Crippen molar-refractivity contribution in [3.63, 3.8) is 0 Å². The topological polar surface area (TPSA) is 56.2 Å². The molecule has 1 aliphatic heterocycles. The second kappa shape index (κ2) is 5.09. The number of ketones is 1. The van der Waals surface area contributed by atoms with Gasteiger partial charge in [0.05, 0.1) is 13.3 Å². The molecule has 0 saturated heterocycles. The highest BCUT2D eigenvalue weighted by Gasteiger charge is 2.21. The summed E-state index contributed by atoms with van der Waals surface area (Å²) >= 11 is 0. The molecule has 1 aromatic carbocycles. The third-order valence-electron chi connectivity index (χ3n) is 3.64. The number of rotatable bonds is 4. The number of carbonyl (C=O) groups is 1. The number of methoxy groups -OCH3 is 1. The molecule has 2 aromatic rings. The van der Waals surface area contributed by atoms with Crippen LogP contribution in [-0.2, 0) is 19.6 Å². The predicted octanol–water partition coefficient (Wildman–Crippen LogP) is 1.75. The Kier molecular flexibility index (Phi) is 3.28. The Bertz CT molecular complexity index is 640. The Morgan fingerprint density at radius 1 is 1.40 bits per heavy atom. The predicted molar refractivity (Wildman–Crippen MR) is 74.9 cm³/mol. The molecular formula is C15H17N3O2. The molecule has 0 radical (unpaired) electrons. The van der Waals surface area contributed by atoms with Gasteiger partial charge in [-0.05, 0) is 24.1 Å². The molecule has 0 spiro atoms. The fourth-order valence-corrected chi connectivity index (χ4v) is 2.56. The van der Waals surface area contributed by atoms with Crippen LogP contribution >= 0.6 is 0 Å². The number of fused-ring (bicyclic) bond motifs is 1. The van der Waals surface area contributed by atoms with Gasteiger partial charge >= 0.3 is 0 Å². The lowest BCUT2D eigenvalue weighted by Gasteiger charge is -2.07. The SMILES string of the molecule is CCn1ncc(OC)c1C(=O)c1ccc2c(c1)CNC2. The van der Waals surface area contributed by atoms with Crippen molar-refractivity contribution >= 4 is 5.78 Å². The van der Waals surface area contributed by atoms with E-state index in [1.807, 2.05) is 25.1 Å². The smallest absolute Gasteiger partial charge is 0.214 e. The Hall–Kier alpha value is -2.14. The Labute approximate surface area is 117 Å². The van der Waals surface area contributed by atoms with E-state index in [4.69, 9.17) is 4.74 Å². The number of aromatic nitrogens is 2. The molecule has 3 rings (SSSR count). The van der Waals surface area contributed by atoms with Gasteiger partial charge in [-0.1, -0.05) is 12.1 Å². The third-order valence-corrected chi connectivity index (χ3v) is 3.64. The molecule has 0 fully saturated rings. The van der Waals surface area contributed by atoms with Crippen molar-refractivity contribution in [1.82, 2.24) is 15.1 Å². The van der Waals surface area contributed by atoms with Crippen LogP contribution in [0.1, 0.15) is 34.1 Å². The third kappa shape index (κ3) is 2.00. The minimum absolute atomic E-state index is 0.0455. The zero-order chi connectivity index (χ0) is 14.1. The second-order valence-electron chi connectivity index (χ2n) is 4.79. The van der Waals surface area contributed by atoms with E-state index >= 15 is 0 Å². The first kappa shape index (κ1) is 12.9. The minimum atomic E-state index is -0.0455. The van der Waals surface area contributed by atoms with Crippen LogP contribution in [0.3, 0.4) is 0 Å². The number of benzene rings is 1. The normalized spacial score (nSPS) is 13.3. The summed E-state index contributed by atoms with van der Waals surface area (Å²) in [5.74, 6) is 0.478. The van der Waals surface area contributed by atoms with Crippen LogP contribution in [0, 0.1) is 0 Å². The first-order chi connectivity index (χ1) is 9.74. The average molecular weight is 271 g/mol. The summed E-state index contributed by atoms with van der Waals surface area (Å²) in [6.07, 6.45) is 1.59. The van der Waals surface area contributed by atoms with Crippen molar-refractivity contribution in [2.45, 2.75) is 26.6 Å². The number of ether oxygens (including phenoxy) is 1. The number of carbonyl (C=O) groups excluding carboxylic acids is 1. The van der Waals surface area contributed by atoms with Crippen molar-refractivity contribution in [3.8, 4) is 5.75 Å². The van der Waals surface area contributed by atoms with Crippen LogP contribution in [0.2, 0.25) is 0 Å². The van der Waals surface area contributed by atoms with E-state index in [1.54, 1.807) is 18.0 Å². The summed E-state index contributed by atoms with van der Waals surface area (Å²) in [5.41, 5.74) is 3.65. The van der Waals surface area contributed by atoms with E-state index in [0.29, 0.717) is 23.6 Å². The van der Waals surface area contributed by atoms with E-state index in [9.17, 15) is 4.79 Å². The molecule has 1 aliphatic rings. The summed E-state index contributed by atoms with van der Waals surface area (Å²) in [7, 11) is 1.56. The van der Waals surface area contributed by atoms with Gasteiger partial charge < -0.3 is 10.1 Å². The van der Waals surface area contributed by atoms with Crippen LogP contribution in [0.4, 0.5) is 0 Å².